The fourth-order valence-electron chi connectivity index (χ4n) is 0.0452. The first-order valence-electron chi connectivity index (χ1n) is 1.39. The third kappa shape index (κ3) is 3.49. The largest absolute Gasteiger partial charge is 0.272 e. The number of carbonyl (C=O) groups excluding carboxylic acids is 1. The van der Waals surface area contributed by atoms with Gasteiger partial charge in [0.2, 0.25) is 0 Å². The fraction of sp³-hybridized carbons (Fsp3) is 0.500. The Morgan fingerprint density at radius 2 is 2.00 bits per heavy atom. The van der Waals surface area contributed by atoms with Gasteiger partial charge in [-0.2, -0.15) is 0 Å². The molecule has 7 heavy (non-hydrogen) atoms. The average Bonchev–Trinajstić information content (AvgIpc) is 1.65. The van der Waals surface area contributed by atoms with Gasteiger partial charge in [-0.25, -0.2) is 2.95 Å². The van der Waals surface area contributed by atoms with Crippen molar-refractivity contribution in [2.75, 3.05) is 5.33 Å². The highest BCUT2D eigenvalue weighted by atomic mass is 79.9. The van der Waals surface area contributed by atoms with E-state index in [1.54, 1.807) is 0 Å². The van der Waals surface area contributed by atoms with Crippen molar-refractivity contribution in [2.45, 2.75) is 0 Å². The number of halogens is 3. The van der Waals surface area contributed by atoms with E-state index in [1.807, 2.05) is 0 Å². The van der Waals surface area contributed by atoms with Gasteiger partial charge in [0.15, 0.2) is 0 Å². The molecule has 0 spiro atoms. The zero-order valence-electron chi connectivity index (χ0n) is 3.20. The summed E-state index contributed by atoms with van der Waals surface area (Å²) in [7, 11) is 0. The van der Waals surface area contributed by atoms with Crippen LogP contribution in [-0.2, 0) is 4.79 Å². The van der Waals surface area contributed by atoms with E-state index in [0.717, 1.165) is 2.95 Å². The molecule has 0 aliphatic heterocycles. The summed E-state index contributed by atoms with van der Waals surface area (Å²) in [4.78, 5) is 10.3. The maximum atomic E-state index is 10.3. The summed E-state index contributed by atoms with van der Waals surface area (Å²) in [6, 6.07) is 0. The highest BCUT2D eigenvalue weighted by molar-refractivity contribution is 9.21. The van der Waals surface area contributed by atoms with E-state index in [2.05, 4.69) is 48.2 Å². The SMILES string of the molecule is O=C(CBr)N(Br)Br. The monoisotopic (exact) mass is 293 g/mol. The predicted octanol–water partition coefficient (Wildman–Crippen LogP) is 1.83. The van der Waals surface area contributed by atoms with Crippen molar-refractivity contribution in [1.82, 2.24) is 2.95 Å². The standard InChI is InChI=1S/C2H2Br3NO/c3-1-2(7)6(4)5/h1H2. The molecule has 0 aromatic rings. The molecule has 0 aromatic heterocycles. The lowest BCUT2D eigenvalue weighted by Crippen LogP contribution is -2.09. The number of carbonyl (C=O) groups is 1. The second kappa shape index (κ2) is 3.86. The average molecular weight is 296 g/mol. The lowest BCUT2D eigenvalue weighted by molar-refractivity contribution is -0.119. The van der Waals surface area contributed by atoms with Crippen molar-refractivity contribution in [1.29, 1.82) is 0 Å². The molecule has 0 fully saturated rings. The van der Waals surface area contributed by atoms with Crippen LogP contribution in [0.15, 0.2) is 0 Å². The summed E-state index contributed by atoms with van der Waals surface area (Å²) in [5.74, 6) is -0.0694. The Morgan fingerprint density at radius 3 is 2.00 bits per heavy atom. The van der Waals surface area contributed by atoms with E-state index in [0.29, 0.717) is 5.33 Å². The van der Waals surface area contributed by atoms with Crippen molar-refractivity contribution in [3.05, 3.63) is 0 Å². The fourth-order valence-corrected chi connectivity index (χ4v) is 1.22. The summed E-state index contributed by atoms with van der Waals surface area (Å²) in [6.07, 6.45) is 0. The molecule has 0 bridgehead atoms. The second-order valence-corrected chi connectivity index (χ2v) is 3.69. The Morgan fingerprint density at radius 1 is 1.57 bits per heavy atom. The molecule has 0 aliphatic carbocycles. The third-order valence-electron chi connectivity index (χ3n) is 0.303. The molecule has 42 valence electrons. The molecule has 0 unspecified atom stereocenters. The van der Waals surface area contributed by atoms with E-state index in [-0.39, 0.29) is 5.91 Å². The number of alkyl halides is 1. The first-order valence-corrected chi connectivity index (χ1v) is 3.93. The molecule has 1 amide bonds. The summed E-state index contributed by atoms with van der Waals surface area (Å²) in [5, 5.41) is 0.323. The molecule has 0 heterocycles. The molecule has 2 nitrogen and oxygen atoms in total. The Bertz CT molecular complexity index is 73.3. The van der Waals surface area contributed by atoms with E-state index in [9.17, 15) is 4.79 Å². The molecule has 0 atom stereocenters. The molecular formula is C2H2Br3NO. The van der Waals surface area contributed by atoms with Gasteiger partial charge in [0.25, 0.3) is 5.91 Å². The first-order chi connectivity index (χ1) is 3.18. The highest BCUT2D eigenvalue weighted by Gasteiger charge is 2.01. The molecule has 0 radical (unpaired) electrons. The number of amides is 1. The van der Waals surface area contributed by atoms with Gasteiger partial charge in [0.1, 0.15) is 0 Å². The topological polar surface area (TPSA) is 20.3 Å². The van der Waals surface area contributed by atoms with Crippen LogP contribution in [0.3, 0.4) is 0 Å². The summed E-state index contributed by atoms with van der Waals surface area (Å²) < 4.78 is 1.16. The molecular weight excluding hydrogens is 294 g/mol. The normalized spacial score (nSPS) is 8.43. The lowest BCUT2D eigenvalue weighted by Gasteiger charge is -1.97. The number of hydrogen-bond acceptors (Lipinski definition) is 1. The van der Waals surface area contributed by atoms with Crippen LogP contribution in [0.25, 0.3) is 0 Å². The van der Waals surface area contributed by atoms with Gasteiger partial charge in [0.05, 0.1) is 37.6 Å². The van der Waals surface area contributed by atoms with Gasteiger partial charge in [-0.1, -0.05) is 15.9 Å². The Kier molecular flexibility index (Phi) is 4.36. The van der Waals surface area contributed by atoms with E-state index >= 15 is 0 Å². The molecule has 5 heteroatoms. The molecule has 0 N–H and O–H groups in total. The number of rotatable bonds is 1. The van der Waals surface area contributed by atoms with Crippen LogP contribution in [0, 0.1) is 0 Å². The number of nitrogens with zero attached hydrogens (tertiary/aromatic N) is 1. The van der Waals surface area contributed by atoms with Crippen LogP contribution in [0.1, 0.15) is 0 Å². The Labute approximate surface area is 67.0 Å². The van der Waals surface area contributed by atoms with Gasteiger partial charge in [0, 0.05) is 0 Å². The van der Waals surface area contributed by atoms with Crippen LogP contribution in [0.2, 0.25) is 0 Å². The van der Waals surface area contributed by atoms with Crippen LogP contribution in [-0.4, -0.2) is 14.2 Å². The Hall–Kier alpha value is 0.910. The van der Waals surface area contributed by atoms with Crippen molar-refractivity contribution >= 4 is 54.1 Å². The molecule has 0 rings (SSSR count). The zero-order valence-corrected chi connectivity index (χ0v) is 7.95. The third-order valence-corrected chi connectivity index (χ3v) is 1.57. The predicted molar refractivity (Wildman–Crippen MR) is 38.5 cm³/mol. The lowest BCUT2D eigenvalue weighted by atomic mass is 10.8. The molecule has 0 aromatic carbocycles. The van der Waals surface area contributed by atoms with Crippen molar-refractivity contribution in [3.8, 4) is 0 Å². The van der Waals surface area contributed by atoms with E-state index < -0.39 is 0 Å². The van der Waals surface area contributed by atoms with Gasteiger partial charge in [-0.05, 0) is 0 Å². The first kappa shape index (κ1) is 7.91. The van der Waals surface area contributed by atoms with Crippen LogP contribution < -0.4 is 0 Å². The maximum absolute atomic E-state index is 10.3. The minimum atomic E-state index is -0.0694. The van der Waals surface area contributed by atoms with Crippen LogP contribution in [0.5, 0.6) is 0 Å². The number of hydrogen-bond donors (Lipinski definition) is 0. The minimum absolute atomic E-state index is 0.0694. The Balaban J connectivity index is 3.35. The summed E-state index contributed by atoms with van der Waals surface area (Å²) in [5.41, 5.74) is 0. The van der Waals surface area contributed by atoms with Gasteiger partial charge in [-0.3, -0.25) is 4.79 Å². The van der Waals surface area contributed by atoms with Gasteiger partial charge < -0.3 is 0 Å². The molecule has 0 saturated heterocycles. The second-order valence-electron chi connectivity index (χ2n) is 0.760. The van der Waals surface area contributed by atoms with Crippen molar-refractivity contribution in [3.63, 3.8) is 0 Å². The smallest absolute Gasteiger partial charge is 0.253 e. The quantitative estimate of drug-likeness (QED) is 0.534. The van der Waals surface area contributed by atoms with Crippen molar-refractivity contribution < 1.29 is 4.79 Å². The van der Waals surface area contributed by atoms with Gasteiger partial charge >= 0.3 is 0 Å². The van der Waals surface area contributed by atoms with Crippen LogP contribution >= 0.6 is 48.2 Å². The molecule has 0 saturated carbocycles. The maximum Gasteiger partial charge on any atom is 0.253 e. The zero-order chi connectivity index (χ0) is 5.86. The summed E-state index contributed by atoms with van der Waals surface area (Å²) in [6.45, 7) is 0. The highest BCUT2D eigenvalue weighted by Crippen LogP contribution is 2.06. The van der Waals surface area contributed by atoms with E-state index in [1.165, 1.54) is 0 Å². The summed E-state index contributed by atoms with van der Waals surface area (Å²) >= 11 is 8.70. The van der Waals surface area contributed by atoms with Crippen molar-refractivity contribution in [2.24, 2.45) is 0 Å². The van der Waals surface area contributed by atoms with Crippen LogP contribution in [0.4, 0.5) is 0 Å². The molecule has 0 aliphatic rings. The van der Waals surface area contributed by atoms with E-state index in [4.69, 9.17) is 0 Å². The van der Waals surface area contributed by atoms with Gasteiger partial charge in [-0.15, -0.1) is 0 Å². The minimum Gasteiger partial charge on any atom is -0.272 e.